The fourth-order valence-corrected chi connectivity index (χ4v) is 10.1. The van der Waals surface area contributed by atoms with Crippen LogP contribution in [-0.2, 0) is 114 Å². The second kappa shape index (κ2) is 72.1. The molecule has 0 saturated heterocycles. The minimum absolute atomic E-state index is 0.0301. The molecule has 0 aromatic heterocycles. The average Bonchev–Trinajstić information content (AvgIpc) is 0.982. The van der Waals surface area contributed by atoms with Gasteiger partial charge in [-0.1, -0.05) is 71.1 Å². The molecule has 0 amide bonds. The van der Waals surface area contributed by atoms with Gasteiger partial charge in [0, 0.05) is 6.61 Å². The summed E-state index contributed by atoms with van der Waals surface area (Å²) < 4.78 is 144. The minimum Gasteiger partial charge on any atom is -0.391 e. The van der Waals surface area contributed by atoms with Crippen molar-refractivity contribution in [3.05, 3.63) is 0 Å². The molecular weight excluding hydrogens is 1420 g/mol. The highest BCUT2D eigenvalue weighted by molar-refractivity contribution is 4.66. The summed E-state index contributed by atoms with van der Waals surface area (Å²) in [5, 5.41) is 9.38. The zero-order chi connectivity index (χ0) is 82.3. The molecule has 0 fully saturated rings. The molecule has 24 unspecified atom stereocenters. The molecule has 0 aliphatic carbocycles. The van der Waals surface area contributed by atoms with Crippen molar-refractivity contribution in [1.82, 2.24) is 0 Å². The van der Waals surface area contributed by atoms with Gasteiger partial charge in [-0.05, 0) is 173 Å². The molecule has 0 spiro atoms. The van der Waals surface area contributed by atoms with Crippen LogP contribution in [0.25, 0.3) is 0 Å². The Balaban J connectivity index is 4.03. The van der Waals surface area contributed by atoms with Crippen molar-refractivity contribution in [2.24, 2.45) is 0 Å². The molecule has 1 N–H and O–H groups in total. The van der Waals surface area contributed by atoms with E-state index in [-0.39, 0.29) is 147 Å². The van der Waals surface area contributed by atoms with Crippen molar-refractivity contribution in [1.29, 1.82) is 0 Å². The van der Waals surface area contributed by atoms with Crippen LogP contribution in [0, 0.1) is 0 Å². The Labute approximate surface area is 671 Å². The molecule has 0 aliphatic heterocycles. The van der Waals surface area contributed by atoms with Crippen molar-refractivity contribution in [2.75, 3.05) is 165 Å². The van der Waals surface area contributed by atoms with Gasteiger partial charge in [0.2, 0.25) is 0 Å². The van der Waals surface area contributed by atoms with Crippen molar-refractivity contribution >= 4 is 0 Å². The smallest absolute Gasteiger partial charge is 0.0781 e. The Kier molecular flexibility index (Phi) is 71.4. The SMILES string of the molecule is CCCCCCCCCCCCCOCC(C)OCC(C)OCC(C)OCC(C)OCC(C)OCC(C)OCC(C)OCC(C)OCC(C)OCC(C)OCC(C)OCC(C)OCC(C)OCC(C)OCC(C)OCC(C)OCC(C)OCC(C)OCC(C)OCC(C)OCC(C)OCC(C)OCC(C)OCC(C)O. The summed E-state index contributed by atoms with van der Waals surface area (Å²) in [5.41, 5.74) is 0. The van der Waals surface area contributed by atoms with E-state index < -0.39 is 6.10 Å². The van der Waals surface area contributed by atoms with Crippen LogP contribution in [0.1, 0.15) is 244 Å². The molecule has 24 atom stereocenters. The van der Waals surface area contributed by atoms with Crippen LogP contribution in [0.4, 0.5) is 0 Å². The first-order valence-corrected chi connectivity index (χ1v) is 42.8. The van der Waals surface area contributed by atoms with Gasteiger partial charge >= 0.3 is 0 Å². The van der Waals surface area contributed by atoms with Crippen molar-refractivity contribution in [3.8, 4) is 0 Å². The highest BCUT2D eigenvalue weighted by atomic mass is 16.6. The maximum Gasteiger partial charge on any atom is 0.0781 e. The lowest BCUT2D eigenvalue weighted by Crippen LogP contribution is -2.31. The summed E-state index contributed by atoms with van der Waals surface area (Å²) in [6, 6.07) is 0. The molecule has 0 aromatic rings. The molecule has 0 saturated carbocycles. The fraction of sp³-hybridized carbons (Fsp3) is 1.00. The molecule has 110 heavy (non-hydrogen) atoms. The first-order valence-electron chi connectivity index (χ1n) is 42.8. The Bertz CT molecular complexity index is 1940. The lowest BCUT2D eigenvalue weighted by Gasteiger charge is -2.24. The number of hydrogen-bond acceptors (Lipinski definition) is 25. The monoisotopic (exact) mass is 1590 g/mol. The van der Waals surface area contributed by atoms with Crippen LogP contribution in [0.15, 0.2) is 0 Å². The molecule has 25 heteroatoms. The quantitative estimate of drug-likeness (QED) is 0.0556. The Morgan fingerprint density at radius 2 is 0.255 bits per heavy atom. The van der Waals surface area contributed by atoms with E-state index in [4.69, 9.17) is 114 Å². The van der Waals surface area contributed by atoms with E-state index >= 15 is 0 Å². The van der Waals surface area contributed by atoms with Gasteiger partial charge in [-0.25, -0.2) is 0 Å². The normalized spacial score (nSPS) is 19.0. The lowest BCUT2D eigenvalue weighted by molar-refractivity contribution is -0.117. The predicted molar refractivity (Wildman–Crippen MR) is 433 cm³/mol. The summed E-state index contributed by atoms with van der Waals surface area (Å²) in [5.74, 6) is 0. The number of rotatable bonds is 83. The Hall–Kier alpha value is -1.00. The number of unbranched alkanes of at least 4 members (excludes halogenated alkanes) is 10. The van der Waals surface area contributed by atoms with E-state index in [1.807, 2.05) is 152 Å². The van der Waals surface area contributed by atoms with Gasteiger partial charge in [0.15, 0.2) is 0 Å². The first kappa shape index (κ1) is 109. The van der Waals surface area contributed by atoms with E-state index in [9.17, 15) is 5.11 Å². The molecule has 0 aliphatic rings. The predicted octanol–water partition coefficient (Wildman–Crippen LogP) is 14.0. The topological polar surface area (TPSA) is 242 Å². The summed E-state index contributed by atoms with van der Waals surface area (Å²) >= 11 is 0. The van der Waals surface area contributed by atoms with Crippen molar-refractivity contribution in [3.63, 3.8) is 0 Å². The zero-order valence-electron chi connectivity index (χ0n) is 74.6. The molecule has 0 rings (SSSR count). The van der Waals surface area contributed by atoms with E-state index in [2.05, 4.69) is 13.8 Å². The highest BCUT2D eigenvalue weighted by Gasteiger charge is 2.21. The number of aliphatic hydroxyl groups excluding tert-OH is 1. The van der Waals surface area contributed by atoms with Gasteiger partial charge in [-0.15, -0.1) is 0 Å². The van der Waals surface area contributed by atoms with Crippen LogP contribution < -0.4 is 0 Å². The third-order valence-electron chi connectivity index (χ3n) is 17.4. The molecule has 0 radical (unpaired) electrons. The van der Waals surface area contributed by atoms with Crippen molar-refractivity contribution in [2.45, 2.75) is 390 Å². The number of aliphatic hydroxyl groups is 1. The van der Waals surface area contributed by atoms with Crippen LogP contribution in [0.2, 0.25) is 0 Å². The highest BCUT2D eigenvalue weighted by Crippen LogP contribution is 2.15. The second-order valence-electron chi connectivity index (χ2n) is 31.8. The zero-order valence-corrected chi connectivity index (χ0v) is 74.6. The molecule has 662 valence electrons. The van der Waals surface area contributed by atoms with Gasteiger partial charge in [0.25, 0.3) is 0 Å². The van der Waals surface area contributed by atoms with Gasteiger partial charge < -0.3 is 119 Å². The Morgan fingerprint density at radius 1 is 0.145 bits per heavy atom. The van der Waals surface area contributed by atoms with E-state index in [1.54, 1.807) is 6.92 Å². The van der Waals surface area contributed by atoms with Crippen molar-refractivity contribution < 1.29 is 119 Å². The third-order valence-corrected chi connectivity index (χ3v) is 17.4. The third kappa shape index (κ3) is 72.2. The van der Waals surface area contributed by atoms with Gasteiger partial charge in [-0.3, -0.25) is 0 Å². The van der Waals surface area contributed by atoms with E-state index in [0.717, 1.165) is 13.0 Å². The van der Waals surface area contributed by atoms with Crippen LogP contribution >= 0.6 is 0 Å². The lowest BCUT2D eigenvalue weighted by atomic mass is 10.1. The van der Waals surface area contributed by atoms with Crippen LogP contribution in [-0.4, -0.2) is 317 Å². The summed E-state index contributed by atoms with van der Waals surface area (Å²) in [4.78, 5) is 0. The minimum atomic E-state index is -0.500. The maximum absolute atomic E-state index is 9.38. The summed E-state index contributed by atoms with van der Waals surface area (Å²) in [7, 11) is 0. The van der Waals surface area contributed by atoms with Crippen LogP contribution in [0.5, 0.6) is 0 Å². The Morgan fingerprint density at radius 3 is 0.382 bits per heavy atom. The summed E-state index contributed by atoms with van der Waals surface area (Å²) in [6.07, 6.45) is 11.8. The molecule has 0 bridgehead atoms. The number of hydrogen-bond donors (Lipinski definition) is 1. The summed E-state index contributed by atoms with van der Waals surface area (Å²) in [6.45, 7) is 61.1. The first-order chi connectivity index (χ1) is 52.3. The number of ether oxygens (including phenoxy) is 24. The standard InChI is InChI=1S/C85H172O25/c1-26-27-28-29-30-31-32-33-34-35-36-37-87-39-63(3)89-41-65(5)91-43-67(7)93-45-69(9)95-47-71(11)97-49-73(13)99-51-75(15)101-53-77(17)103-55-79(19)105-57-81(21)107-59-83(23)109-61-85(25)110-60-84(24)108-58-82(22)106-56-80(20)104-54-78(18)102-52-76(16)100-50-74(14)98-48-72(12)96-46-70(10)94-44-68(8)92-42-66(6)90-40-64(4)88-38-62(2)86/h62-86H,26-61H2,1-25H3. The van der Waals surface area contributed by atoms with Crippen LogP contribution in [0.3, 0.4) is 0 Å². The maximum atomic E-state index is 9.38. The van der Waals surface area contributed by atoms with E-state index in [1.165, 1.54) is 64.2 Å². The molecule has 0 aromatic carbocycles. The average molecular weight is 1590 g/mol. The second-order valence-corrected chi connectivity index (χ2v) is 31.8. The van der Waals surface area contributed by atoms with Gasteiger partial charge in [-0.2, -0.15) is 0 Å². The van der Waals surface area contributed by atoms with Gasteiger partial charge in [0.05, 0.1) is 305 Å². The van der Waals surface area contributed by atoms with Gasteiger partial charge in [0.1, 0.15) is 0 Å². The molecular formula is C85H172O25. The molecule has 25 nitrogen and oxygen atoms in total. The largest absolute Gasteiger partial charge is 0.391 e. The molecule has 0 heterocycles. The fourth-order valence-electron chi connectivity index (χ4n) is 10.1. The van der Waals surface area contributed by atoms with E-state index in [0.29, 0.717) is 152 Å².